The van der Waals surface area contributed by atoms with Gasteiger partial charge in [-0.1, -0.05) is 13.8 Å². The maximum Gasteiger partial charge on any atom is 0.226 e. The first-order valence-electron chi connectivity index (χ1n) is 5.65. The van der Waals surface area contributed by atoms with Crippen LogP contribution in [0.4, 0.5) is 0 Å². The molecule has 1 atom stereocenters. The lowest BCUT2D eigenvalue weighted by Crippen LogP contribution is -2.40. The zero-order valence-electron chi connectivity index (χ0n) is 9.55. The Kier molecular flexibility index (Phi) is 4.39. The van der Waals surface area contributed by atoms with E-state index in [-0.39, 0.29) is 5.92 Å². The molecule has 3 heteroatoms. The molecule has 0 heterocycles. The van der Waals surface area contributed by atoms with Gasteiger partial charge in [0.05, 0.1) is 0 Å². The highest BCUT2D eigenvalue weighted by Gasteiger charge is 2.33. The molecule has 0 aromatic rings. The van der Waals surface area contributed by atoms with E-state index in [4.69, 9.17) is 0 Å². The number of hydrogen-bond acceptors (Lipinski definition) is 2. The lowest BCUT2D eigenvalue weighted by molar-refractivity contribution is -0.135. The second-order valence-corrected chi connectivity index (χ2v) is 4.22. The lowest BCUT2D eigenvalue weighted by atomic mass is 10.1. The standard InChI is InChI=1S/C11H22N2O/c1-4-7-13(10-5-6-10)11(14)9(2)8-12-3/h9-10,12H,4-8H2,1-3H3. The third-order valence-corrected chi connectivity index (χ3v) is 2.67. The smallest absolute Gasteiger partial charge is 0.226 e. The minimum absolute atomic E-state index is 0.118. The van der Waals surface area contributed by atoms with Crippen molar-refractivity contribution in [1.82, 2.24) is 10.2 Å². The van der Waals surface area contributed by atoms with Crippen molar-refractivity contribution in [3.05, 3.63) is 0 Å². The summed E-state index contributed by atoms with van der Waals surface area (Å²) in [6, 6.07) is 0.557. The minimum Gasteiger partial charge on any atom is -0.339 e. The summed E-state index contributed by atoms with van der Waals surface area (Å²) >= 11 is 0. The van der Waals surface area contributed by atoms with Gasteiger partial charge in [0, 0.05) is 25.0 Å². The van der Waals surface area contributed by atoms with Crippen LogP contribution in [0.2, 0.25) is 0 Å². The number of carbonyl (C=O) groups is 1. The number of nitrogens with zero attached hydrogens (tertiary/aromatic N) is 1. The normalized spacial score (nSPS) is 17.9. The van der Waals surface area contributed by atoms with E-state index in [0.717, 1.165) is 19.5 Å². The van der Waals surface area contributed by atoms with E-state index in [0.29, 0.717) is 11.9 Å². The molecule has 1 amide bonds. The Labute approximate surface area is 86.9 Å². The fourth-order valence-corrected chi connectivity index (χ4v) is 1.78. The first-order chi connectivity index (χ1) is 6.70. The van der Waals surface area contributed by atoms with Gasteiger partial charge in [-0.25, -0.2) is 0 Å². The van der Waals surface area contributed by atoms with Crippen LogP contribution in [0.3, 0.4) is 0 Å². The molecule has 0 radical (unpaired) electrons. The Morgan fingerprint density at radius 3 is 2.64 bits per heavy atom. The molecule has 1 N–H and O–H groups in total. The topological polar surface area (TPSA) is 32.3 Å². The van der Waals surface area contributed by atoms with Gasteiger partial charge < -0.3 is 10.2 Å². The van der Waals surface area contributed by atoms with Crippen LogP contribution in [-0.4, -0.2) is 37.0 Å². The molecule has 0 aromatic heterocycles. The predicted molar refractivity (Wildman–Crippen MR) is 58.1 cm³/mol. The third-order valence-electron chi connectivity index (χ3n) is 2.67. The van der Waals surface area contributed by atoms with E-state index in [1.807, 2.05) is 14.0 Å². The predicted octanol–water partition coefficient (Wildman–Crippen LogP) is 1.24. The largest absolute Gasteiger partial charge is 0.339 e. The number of carbonyl (C=O) groups excluding carboxylic acids is 1. The SMILES string of the molecule is CCCN(C(=O)C(C)CNC)C1CC1. The highest BCUT2D eigenvalue weighted by atomic mass is 16.2. The number of amides is 1. The Bertz CT molecular complexity index is 190. The zero-order valence-corrected chi connectivity index (χ0v) is 9.55. The Morgan fingerprint density at radius 1 is 1.57 bits per heavy atom. The molecule has 14 heavy (non-hydrogen) atoms. The highest BCUT2D eigenvalue weighted by Crippen LogP contribution is 2.28. The van der Waals surface area contributed by atoms with Crippen LogP contribution in [-0.2, 0) is 4.79 Å². The van der Waals surface area contributed by atoms with Crippen molar-refractivity contribution in [1.29, 1.82) is 0 Å². The molecule has 82 valence electrons. The number of nitrogens with one attached hydrogen (secondary N) is 1. The Hall–Kier alpha value is -0.570. The zero-order chi connectivity index (χ0) is 10.6. The van der Waals surface area contributed by atoms with Crippen LogP contribution in [0, 0.1) is 5.92 Å². The van der Waals surface area contributed by atoms with Crippen molar-refractivity contribution in [2.45, 2.75) is 39.2 Å². The Balaban J connectivity index is 2.44. The molecule has 1 saturated carbocycles. The van der Waals surface area contributed by atoms with E-state index < -0.39 is 0 Å². The second kappa shape index (κ2) is 5.35. The van der Waals surface area contributed by atoms with E-state index in [2.05, 4.69) is 17.1 Å². The first-order valence-corrected chi connectivity index (χ1v) is 5.65. The monoisotopic (exact) mass is 198 g/mol. The van der Waals surface area contributed by atoms with Gasteiger partial charge >= 0.3 is 0 Å². The molecule has 0 aromatic carbocycles. The van der Waals surface area contributed by atoms with Crippen LogP contribution in [0.15, 0.2) is 0 Å². The maximum absolute atomic E-state index is 12.0. The van der Waals surface area contributed by atoms with E-state index >= 15 is 0 Å². The van der Waals surface area contributed by atoms with Crippen molar-refractivity contribution in [3.63, 3.8) is 0 Å². The maximum atomic E-state index is 12.0. The molecule has 0 aliphatic heterocycles. The van der Waals surface area contributed by atoms with Crippen molar-refractivity contribution >= 4 is 5.91 Å². The summed E-state index contributed by atoms with van der Waals surface area (Å²) in [5.74, 6) is 0.441. The lowest BCUT2D eigenvalue weighted by Gasteiger charge is -2.25. The van der Waals surface area contributed by atoms with Gasteiger partial charge in [-0.3, -0.25) is 4.79 Å². The summed E-state index contributed by atoms with van der Waals surface area (Å²) in [6.45, 7) is 5.85. The van der Waals surface area contributed by atoms with Crippen molar-refractivity contribution in [2.75, 3.05) is 20.1 Å². The second-order valence-electron chi connectivity index (χ2n) is 4.22. The van der Waals surface area contributed by atoms with Gasteiger partial charge in [-0.05, 0) is 26.3 Å². The van der Waals surface area contributed by atoms with Crippen LogP contribution in [0.1, 0.15) is 33.1 Å². The molecule has 1 unspecified atom stereocenters. The summed E-state index contributed by atoms with van der Waals surface area (Å²) in [4.78, 5) is 14.1. The molecule has 1 fully saturated rings. The molecular formula is C11H22N2O. The summed E-state index contributed by atoms with van der Waals surface area (Å²) in [5.41, 5.74) is 0. The van der Waals surface area contributed by atoms with Crippen LogP contribution in [0.5, 0.6) is 0 Å². The third kappa shape index (κ3) is 2.98. The summed E-state index contributed by atoms with van der Waals surface area (Å²) in [5, 5.41) is 3.06. The van der Waals surface area contributed by atoms with Crippen molar-refractivity contribution < 1.29 is 4.79 Å². The molecule has 0 bridgehead atoms. The van der Waals surface area contributed by atoms with E-state index in [1.54, 1.807) is 0 Å². The van der Waals surface area contributed by atoms with Crippen molar-refractivity contribution in [3.8, 4) is 0 Å². The van der Waals surface area contributed by atoms with Gasteiger partial charge in [-0.2, -0.15) is 0 Å². The van der Waals surface area contributed by atoms with Crippen molar-refractivity contribution in [2.24, 2.45) is 5.92 Å². The fourth-order valence-electron chi connectivity index (χ4n) is 1.78. The van der Waals surface area contributed by atoms with E-state index in [1.165, 1.54) is 12.8 Å². The molecule has 1 aliphatic rings. The minimum atomic E-state index is 0.118. The summed E-state index contributed by atoms with van der Waals surface area (Å²) < 4.78 is 0. The van der Waals surface area contributed by atoms with Gasteiger partial charge in [0.1, 0.15) is 0 Å². The quantitative estimate of drug-likeness (QED) is 0.696. The van der Waals surface area contributed by atoms with Gasteiger partial charge in [0.2, 0.25) is 5.91 Å². The fraction of sp³-hybridized carbons (Fsp3) is 0.909. The van der Waals surface area contributed by atoms with Crippen LogP contribution < -0.4 is 5.32 Å². The average molecular weight is 198 g/mol. The molecule has 1 rings (SSSR count). The highest BCUT2D eigenvalue weighted by molar-refractivity contribution is 5.79. The average Bonchev–Trinajstić information content (AvgIpc) is 2.97. The molecule has 0 spiro atoms. The number of rotatable bonds is 6. The molecule has 1 aliphatic carbocycles. The molecular weight excluding hydrogens is 176 g/mol. The summed E-state index contributed by atoms with van der Waals surface area (Å²) in [7, 11) is 1.89. The van der Waals surface area contributed by atoms with Gasteiger partial charge in [0.15, 0.2) is 0 Å². The van der Waals surface area contributed by atoms with E-state index in [9.17, 15) is 4.79 Å². The number of hydrogen-bond donors (Lipinski definition) is 1. The Morgan fingerprint density at radius 2 is 2.21 bits per heavy atom. The van der Waals surface area contributed by atoms with Gasteiger partial charge in [0.25, 0.3) is 0 Å². The summed E-state index contributed by atoms with van der Waals surface area (Å²) in [6.07, 6.45) is 3.48. The molecule has 3 nitrogen and oxygen atoms in total. The van der Waals surface area contributed by atoms with Crippen LogP contribution in [0.25, 0.3) is 0 Å². The molecule has 0 saturated heterocycles. The van der Waals surface area contributed by atoms with Crippen LogP contribution >= 0.6 is 0 Å². The van der Waals surface area contributed by atoms with Gasteiger partial charge in [-0.15, -0.1) is 0 Å². The first kappa shape index (κ1) is 11.5.